The molecule has 5 heteroatoms. The predicted octanol–water partition coefficient (Wildman–Crippen LogP) is 4.93. The van der Waals surface area contributed by atoms with E-state index in [1.807, 2.05) is 57.0 Å². The minimum Gasteiger partial charge on any atom is -0.457 e. The zero-order chi connectivity index (χ0) is 18.4. The van der Waals surface area contributed by atoms with Crippen molar-refractivity contribution in [2.45, 2.75) is 27.4 Å². The van der Waals surface area contributed by atoms with Crippen LogP contribution in [0.25, 0.3) is 0 Å². The zero-order valence-corrected chi connectivity index (χ0v) is 15.8. The van der Waals surface area contributed by atoms with Crippen LogP contribution in [0.3, 0.4) is 0 Å². The first-order chi connectivity index (χ1) is 11.9. The van der Waals surface area contributed by atoms with Gasteiger partial charge in [0, 0.05) is 18.6 Å². The molecule has 0 aliphatic heterocycles. The monoisotopic (exact) mass is 358 g/mol. The van der Waals surface area contributed by atoms with E-state index in [2.05, 4.69) is 4.99 Å². The van der Waals surface area contributed by atoms with Crippen LogP contribution in [-0.4, -0.2) is 30.8 Å². The fourth-order valence-corrected chi connectivity index (χ4v) is 2.49. The first-order valence-corrected chi connectivity index (χ1v) is 8.55. The molecule has 0 bridgehead atoms. The summed E-state index contributed by atoms with van der Waals surface area (Å²) in [5.74, 6) is -0.401. The highest BCUT2D eigenvalue weighted by Gasteiger charge is 2.15. The molecule has 0 saturated carbocycles. The summed E-state index contributed by atoms with van der Waals surface area (Å²) in [6, 6.07) is 11.2. The normalized spacial score (nSPS) is 10.9. The highest BCUT2D eigenvalue weighted by atomic mass is 35.5. The summed E-state index contributed by atoms with van der Waals surface area (Å²) in [6.45, 7) is 6.95. The number of aliphatic imine (C=N–C) groups is 1. The molecular formula is C20H23ClN2O2. The van der Waals surface area contributed by atoms with Crippen LogP contribution in [0.4, 0.5) is 5.69 Å². The second kappa shape index (κ2) is 8.67. The number of ether oxygens (including phenoxy) is 1. The van der Waals surface area contributed by atoms with E-state index in [9.17, 15) is 4.79 Å². The third-order valence-corrected chi connectivity index (χ3v) is 4.13. The van der Waals surface area contributed by atoms with Gasteiger partial charge in [-0.1, -0.05) is 41.4 Å². The van der Waals surface area contributed by atoms with Crippen molar-refractivity contribution in [3.63, 3.8) is 0 Å². The molecule has 0 aliphatic carbocycles. The van der Waals surface area contributed by atoms with Crippen molar-refractivity contribution >= 4 is 29.6 Å². The van der Waals surface area contributed by atoms with E-state index in [4.69, 9.17) is 16.3 Å². The Balaban J connectivity index is 2.18. The summed E-state index contributed by atoms with van der Waals surface area (Å²) < 4.78 is 5.45. The van der Waals surface area contributed by atoms with Gasteiger partial charge in [0.1, 0.15) is 6.61 Å². The van der Waals surface area contributed by atoms with Crippen LogP contribution in [0.5, 0.6) is 0 Å². The number of halogens is 1. The third kappa shape index (κ3) is 5.33. The number of hydrogen-bond acceptors (Lipinski definition) is 3. The average molecular weight is 359 g/mol. The zero-order valence-electron chi connectivity index (χ0n) is 15.0. The number of aryl methyl sites for hydroxylation is 1. The van der Waals surface area contributed by atoms with Crippen LogP contribution in [0.1, 0.15) is 34.0 Å². The Morgan fingerprint density at radius 3 is 2.72 bits per heavy atom. The molecule has 2 aromatic rings. The third-order valence-electron chi connectivity index (χ3n) is 3.91. The van der Waals surface area contributed by atoms with Gasteiger partial charge in [-0.2, -0.15) is 0 Å². The molecule has 0 aromatic heterocycles. The molecule has 0 heterocycles. The lowest BCUT2D eigenvalue weighted by molar-refractivity contribution is 0.0472. The Morgan fingerprint density at radius 2 is 2.04 bits per heavy atom. The van der Waals surface area contributed by atoms with Crippen LogP contribution in [0.15, 0.2) is 41.4 Å². The lowest BCUT2D eigenvalue weighted by Crippen LogP contribution is -2.14. The van der Waals surface area contributed by atoms with Gasteiger partial charge in [-0.3, -0.25) is 0 Å². The number of carbonyl (C=O) groups excluding carboxylic acids is 1. The first kappa shape index (κ1) is 19.0. The number of esters is 1. The standard InChI is InChI=1S/C20H23ClN2O2/c1-5-23(4)13-22-19-11-17(21)10-18(15(19)3)20(24)25-12-16-8-6-7-14(2)9-16/h6-11,13H,5,12H2,1-4H3. The van der Waals surface area contributed by atoms with E-state index in [0.29, 0.717) is 16.3 Å². The first-order valence-electron chi connectivity index (χ1n) is 8.18. The van der Waals surface area contributed by atoms with Crippen LogP contribution in [0, 0.1) is 13.8 Å². The molecule has 0 radical (unpaired) electrons. The second-order valence-electron chi connectivity index (χ2n) is 5.98. The van der Waals surface area contributed by atoms with E-state index >= 15 is 0 Å². The summed E-state index contributed by atoms with van der Waals surface area (Å²) in [7, 11) is 1.93. The largest absolute Gasteiger partial charge is 0.457 e. The molecule has 0 atom stereocenters. The average Bonchev–Trinajstić information content (AvgIpc) is 2.59. The van der Waals surface area contributed by atoms with Gasteiger partial charge in [0.15, 0.2) is 0 Å². The number of nitrogens with zero attached hydrogens (tertiary/aromatic N) is 2. The summed E-state index contributed by atoms with van der Waals surface area (Å²) in [5.41, 5.74) is 3.93. The van der Waals surface area contributed by atoms with E-state index in [1.165, 1.54) is 0 Å². The van der Waals surface area contributed by atoms with E-state index in [1.54, 1.807) is 18.5 Å². The Bertz CT molecular complexity index is 787. The smallest absolute Gasteiger partial charge is 0.338 e. The fraction of sp³-hybridized carbons (Fsp3) is 0.300. The Kier molecular flexibility index (Phi) is 6.59. The highest BCUT2D eigenvalue weighted by molar-refractivity contribution is 6.31. The molecule has 0 unspecified atom stereocenters. The number of benzene rings is 2. The van der Waals surface area contributed by atoms with Crippen LogP contribution in [0.2, 0.25) is 5.02 Å². The SMILES string of the molecule is CCN(C)C=Nc1cc(Cl)cc(C(=O)OCc2cccc(C)c2)c1C. The summed E-state index contributed by atoms with van der Waals surface area (Å²) in [6.07, 6.45) is 1.72. The summed E-state index contributed by atoms with van der Waals surface area (Å²) >= 11 is 6.16. The van der Waals surface area contributed by atoms with Gasteiger partial charge in [0.2, 0.25) is 0 Å². The molecular weight excluding hydrogens is 336 g/mol. The van der Waals surface area contributed by atoms with Gasteiger partial charge in [-0.15, -0.1) is 0 Å². The van der Waals surface area contributed by atoms with Gasteiger partial charge < -0.3 is 9.64 Å². The molecule has 132 valence electrons. The van der Waals surface area contributed by atoms with Crippen LogP contribution in [-0.2, 0) is 11.3 Å². The van der Waals surface area contributed by atoms with Gasteiger partial charge in [0.05, 0.1) is 17.6 Å². The molecule has 0 N–H and O–H groups in total. The number of rotatable bonds is 6. The molecule has 0 fully saturated rings. The molecule has 0 spiro atoms. The molecule has 0 aliphatic rings. The van der Waals surface area contributed by atoms with Crippen molar-refractivity contribution in [1.82, 2.24) is 4.90 Å². The molecule has 0 saturated heterocycles. The lowest BCUT2D eigenvalue weighted by Gasteiger charge is -2.12. The van der Waals surface area contributed by atoms with Crippen molar-refractivity contribution in [2.24, 2.45) is 4.99 Å². The van der Waals surface area contributed by atoms with Crippen molar-refractivity contribution in [2.75, 3.05) is 13.6 Å². The minimum absolute atomic E-state index is 0.226. The topological polar surface area (TPSA) is 41.9 Å². The molecule has 2 rings (SSSR count). The maximum Gasteiger partial charge on any atom is 0.338 e. The van der Waals surface area contributed by atoms with E-state index in [0.717, 1.165) is 23.2 Å². The molecule has 4 nitrogen and oxygen atoms in total. The van der Waals surface area contributed by atoms with Gasteiger partial charge in [-0.05, 0) is 44.0 Å². The predicted molar refractivity (Wildman–Crippen MR) is 103 cm³/mol. The summed E-state index contributed by atoms with van der Waals surface area (Å²) in [4.78, 5) is 18.8. The van der Waals surface area contributed by atoms with Crippen LogP contribution < -0.4 is 0 Å². The highest BCUT2D eigenvalue weighted by Crippen LogP contribution is 2.28. The van der Waals surface area contributed by atoms with Crippen molar-refractivity contribution in [1.29, 1.82) is 0 Å². The van der Waals surface area contributed by atoms with Gasteiger partial charge in [0.25, 0.3) is 0 Å². The molecule has 25 heavy (non-hydrogen) atoms. The molecule has 2 aromatic carbocycles. The number of carbonyl (C=O) groups is 1. The van der Waals surface area contributed by atoms with Gasteiger partial charge in [-0.25, -0.2) is 9.79 Å². The quantitative estimate of drug-likeness (QED) is 0.418. The maximum absolute atomic E-state index is 12.5. The van der Waals surface area contributed by atoms with E-state index in [-0.39, 0.29) is 6.61 Å². The van der Waals surface area contributed by atoms with E-state index < -0.39 is 5.97 Å². The number of hydrogen-bond donors (Lipinski definition) is 0. The van der Waals surface area contributed by atoms with Crippen LogP contribution >= 0.6 is 11.6 Å². The Labute approximate surface area is 154 Å². The maximum atomic E-state index is 12.5. The Morgan fingerprint density at radius 1 is 1.28 bits per heavy atom. The lowest BCUT2D eigenvalue weighted by atomic mass is 10.1. The molecule has 0 amide bonds. The van der Waals surface area contributed by atoms with Crippen molar-refractivity contribution < 1.29 is 9.53 Å². The Hall–Kier alpha value is -2.33. The second-order valence-corrected chi connectivity index (χ2v) is 6.42. The summed E-state index contributed by atoms with van der Waals surface area (Å²) in [5, 5.41) is 0.458. The van der Waals surface area contributed by atoms with Crippen molar-refractivity contribution in [3.8, 4) is 0 Å². The fourth-order valence-electron chi connectivity index (χ4n) is 2.28. The van der Waals surface area contributed by atoms with Gasteiger partial charge >= 0.3 is 5.97 Å². The van der Waals surface area contributed by atoms with Crippen molar-refractivity contribution in [3.05, 3.63) is 63.7 Å². The minimum atomic E-state index is -0.401.